The van der Waals surface area contributed by atoms with E-state index in [1.165, 1.54) is 29.5 Å². The number of piperidine rings is 1. The summed E-state index contributed by atoms with van der Waals surface area (Å²) >= 11 is 0. The van der Waals surface area contributed by atoms with Crippen LogP contribution in [0.1, 0.15) is 48.3 Å². The molecule has 5 rings (SSSR count). The van der Waals surface area contributed by atoms with Gasteiger partial charge in [0.2, 0.25) is 5.91 Å². The Labute approximate surface area is 179 Å². The average molecular weight is 408 g/mol. The maximum absolute atomic E-state index is 13.1. The maximum atomic E-state index is 13.1. The third kappa shape index (κ3) is 3.81. The molecular formula is C25H33N3O2. The van der Waals surface area contributed by atoms with Gasteiger partial charge in [-0.1, -0.05) is 24.3 Å². The number of piperazine rings is 1. The lowest BCUT2D eigenvalue weighted by Gasteiger charge is -2.40. The maximum Gasteiger partial charge on any atom is 0.223 e. The molecule has 0 saturated carbocycles. The lowest BCUT2D eigenvalue weighted by atomic mass is 9.73. The van der Waals surface area contributed by atoms with Crippen LogP contribution in [0.4, 0.5) is 0 Å². The van der Waals surface area contributed by atoms with E-state index in [1.54, 1.807) is 6.26 Å². The Balaban J connectivity index is 1.27. The fourth-order valence-electron chi connectivity index (χ4n) is 5.86. The fraction of sp³-hybridized carbons (Fsp3) is 0.560. The number of benzene rings is 1. The Hall–Kier alpha value is -2.11. The molecule has 1 aliphatic carbocycles. The van der Waals surface area contributed by atoms with Crippen molar-refractivity contribution in [2.45, 2.75) is 43.6 Å². The van der Waals surface area contributed by atoms with Gasteiger partial charge in [0.05, 0.1) is 12.5 Å². The number of nitrogens with zero attached hydrogens (tertiary/aromatic N) is 3. The van der Waals surface area contributed by atoms with Crippen molar-refractivity contribution in [3.05, 3.63) is 59.5 Å². The van der Waals surface area contributed by atoms with Gasteiger partial charge in [-0.15, -0.1) is 0 Å². The molecule has 1 unspecified atom stereocenters. The van der Waals surface area contributed by atoms with Gasteiger partial charge in [0.25, 0.3) is 0 Å². The molecule has 3 aliphatic rings. The van der Waals surface area contributed by atoms with Crippen LogP contribution in [-0.2, 0) is 16.8 Å². The van der Waals surface area contributed by atoms with Gasteiger partial charge >= 0.3 is 0 Å². The van der Waals surface area contributed by atoms with Crippen molar-refractivity contribution >= 4 is 5.91 Å². The van der Waals surface area contributed by atoms with Crippen LogP contribution in [0.2, 0.25) is 0 Å². The molecule has 1 aromatic carbocycles. The monoisotopic (exact) mass is 407 g/mol. The first-order chi connectivity index (χ1) is 14.6. The standard InChI is InChI=1S/C25H33N3O2/c1-26-11-13-28(14-12-26)24(29)16-21-17-25(23-5-3-2-4-22(21)23)7-9-27(10-8-25)18-20-6-15-30-19-20/h2-6,15,19,21H,7-14,16-18H2,1H3. The molecule has 2 aliphatic heterocycles. The first-order valence-electron chi connectivity index (χ1n) is 11.4. The van der Waals surface area contributed by atoms with E-state index in [1.807, 2.05) is 6.26 Å². The number of carbonyl (C=O) groups is 1. The molecule has 1 spiro atoms. The number of hydrogen-bond donors (Lipinski definition) is 0. The van der Waals surface area contributed by atoms with Crippen LogP contribution in [0.15, 0.2) is 47.3 Å². The van der Waals surface area contributed by atoms with Crippen molar-refractivity contribution in [3.63, 3.8) is 0 Å². The lowest BCUT2D eigenvalue weighted by molar-refractivity contribution is -0.133. The highest BCUT2D eigenvalue weighted by molar-refractivity contribution is 5.77. The van der Waals surface area contributed by atoms with Crippen LogP contribution >= 0.6 is 0 Å². The molecule has 30 heavy (non-hydrogen) atoms. The summed E-state index contributed by atoms with van der Waals surface area (Å²) in [5, 5.41) is 0. The molecule has 1 amide bonds. The van der Waals surface area contributed by atoms with Crippen molar-refractivity contribution in [2.75, 3.05) is 46.3 Å². The molecule has 2 fully saturated rings. The summed E-state index contributed by atoms with van der Waals surface area (Å²) in [6.45, 7) is 6.92. The highest BCUT2D eigenvalue weighted by Gasteiger charge is 2.45. The van der Waals surface area contributed by atoms with Crippen molar-refractivity contribution in [1.29, 1.82) is 0 Å². The van der Waals surface area contributed by atoms with E-state index in [0.717, 1.165) is 52.2 Å². The predicted octanol–water partition coefficient (Wildman–Crippen LogP) is 3.46. The van der Waals surface area contributed by atoms with Gasteiger partial charge in [-0.25, -0.2) is 0 Å². The number of hydrogen-bond acceptors (Lipinski definition) is 4. The minimum atomic E-state index is 0.247. The zero-order valence-electron chi connectivity index (χ0n) is 18.1. The van der Waals surface area contributed by atoms with Crippen molar-refractivity contribution in [2.24, 2.45) is 0 Å². The van der Waals surface area contributed by atoms with Crippen molar-refractivity contribution < 1.29 is 9.21 Å². The Kier molecular flexibility index (Phi) is 5.42. The summed E-state index contributed by atoms with van der Waals surface area (Å²) in [6.07, 6.45) is 7.78. The number of carbonyl (C=O) groups excluding carboxylic acids is 1. The second-order valence-electron chi connectivity index (χ2n) is 9.56. The molecule has 160 valence electrons. The smallest absolute Gasteiger partial charge is 0.223 e. The number of amides is 1. The largest absolute Gasteiger partial charge is 0.472 e. The third-order valence-corrected chi connectivity index (χ3v) is 7.69. The quantitative estimate of drug-likeness (QED) is 0.778. The van der Waals surface area contributed by atoms with E-state index in [2.05, 4.69) is 52.1 Å². The minimum Gasteiger partial charge on any atom is -0.472 e. The van der Waals surface area contributed by atoms with E-state index in [4.69, 9.17) is 4.42 Å². The lowest BCUT2D eigenvalue weighted by Crippen LogP contribution is -2.47. The number of furan rings is 1. The molecule has 5 nitrogen and oxygen atoms in total. The van der Waals surface area contributed by atoms with Crippen LogP contribution in [-0.4, -0.2) is 66.9 Å². The van der Waals surface area contributed by atoms with Gasteiger partial charge in [-0.2, -0.15) is 0 Å². The summed E-state index contributed by atoms with van der Waals surface area (Å²) < 4.78 is 5.24. The summed E-state index contributed by atoms with van der Waals surface area (Å²) in [7, 11) is 2.14. The molecule has 0 radical (unpaired) electrons. The average Bonchev–Trinajstić information content (AvgIpc) is 3.38. The predicted molar refractivity (Wildman–Crippen MR) is 117 cm³/mol. The highest BCUT2D eigenvalue weighted by atomic mass is 16.3. The van der Waals surface area contributed by atoms with Crippen molar-refractivity contribution in [1.82, 2.24) is 14.7 Å². The Morgan fingerprint density at radius 3 is 2.57 bits per heavy atom. The Morgan fingerprint density at radius 1 is 1.07 bits per heavy atom. The molecule has 1 aromatic heterocycles. The Bertz CT molecular complexity index is 862. The SMILES string of the molecule is CN1CCN(C(=O)CC2CC3(CCN(Cc4ccoc4)CC3)c3ccccc32)CC1. The normalized spacial score (nSPS) is 24.3. The van der Waals surface area contributed by atoms with E-state index in [-0.39, 0.29) is 5.41 Å². The topological polar surface area (TPSA) is 39.9 Å². The number of likely N-dealkylation sites (N-methyl/N-ethyl adjacent to an activating group) is 1. The zero-order valence-corrected chi connectivity index (χ0v) is 18.1. The van der Waals surface area contributed by atoms with Crippen LogP contribution < -0.4 is 0 Å². The molecular weight excluding hydrogens is 374 g/mol. The van der Waals surface area contributed by atoms with Gasteiger partial charge in [0.15, 0.2) is 0 Å². The van der Waals surface area contributed by atoms with Gasteiger partial charge in [0.1, 0.15) is 0 Å². The molecule has 3 heterocycles. The number of fused-ring (bicyclic) bond motifs is 2. The minimum absolute atomic E-state index is 0.247. The molecule has 5 heteroatoms. The van der Waals surface area contributed by atoms with Crippen molar-refractivity contribution in [3.8, 4) is 0 Å². The first-order valence-corrected chi connectivity index (χ1v) is 11.4. The molecule has 0 bridgehead atoms. The molecule has 2 saturated heterocycles. The van der Waals surface area contributed by atoms with E-state index in [9.17, 15) is 4.79 Å². The third-order valence-electron chi connectivity index (χ3n) is 7.69. The summed E-state index contributed by atoms with van der Waals surface area (Å²) in [4.78, 5) is 20.0. The number of likely N-dealkylation sites (tertiary alicyclic amines) is 1. The Morgan fingerprint density at radius 2 is 1.83 bits per heavy atom. The summed E-state index contributed by atoms with van der Waals surface area (Å²) in [5.74, 6) is 0.714. The fourth-order valence-corrected chi connectivity index (χ4v) is 5.86. The summed E-state index contributed by atoms with van der Waals surface area (Å²) in [5.41, 5.74) is 4.46. The second-order valence-corrected chi connectivity index (χ2v) is 9.56. The van der Waals surface area contributed by atoms with Crippen LogP contribution in [0.5, 0.6) is 0 Å². The van der Waals surface area contributed by atoms with E-state index in [0.29, 0.717) is 18.2 Å². The highest BCUT2D eigenvalue weighted by Crippen LogP contribution is 2.52. The van der Waals surface area contributed by atoms with E-state index >= 15 is 0 Å². The molecule has 0 N–H and O–H groups in total. The summed E-state index contributed by atoms with van der Waals surface area (Å²) in [6, 6.07) is 11.0. The first kappa shape index (κ1) is 19.8. The van der Waals surface area contributed by atoms with Crippen LogP contribution in [0.25, 0.3) is 0 Å². The van der Waals surface area contributed by atoms with E-state index < -0.39 is 0 Å². The van der Waals surface area contributed by atoms with Gasteiger partial charge < -0.3 is 14.2 Å². The second kappa shape index (κ2) is 8.20. The van der Waals surface area contributed by atoms with Gasteiger partial charge in [-0.3, -0.25) is 9.69 Å². The van der Waals surface area contributed by atoms with Gasteiger partial charge in [0, 0.05) is 44.7 Å². The molecule has 2 aromatic rings. The molecule has 1 atom stereocenters. The van der Waals surface area contributed by atoms with Gasteiger partial charge in [-0.05, 0) is 67.9 Å². The zero-order chi connectivity index (χ0) is 20.6. The van der Waals surface area contributed by atoms with Crippen LogP contribution in [0.3, 0.4) is 0 Å². The number of rotatable bonds is 4. The van der Waals surface area contributed by atoms with Crippen LogP contribution in [0, 0.1) is 0 Å².